The maximum Gasteiger partial charge on any atom is 0.198 e. The lowest BCUT2D eigenvalue weighted by molar-refractivity contribution is 1.29. The van der Waals surface area contributed by atoms with Crippen LogP contribution in [-0.4, -0.2) is 10.9 Å². The largest absolute Gasteiger partial charge is 0.387 e. The van der Waals surface area contributed by atoms with E-state index in [9.17, 15) is 0 Å². The Balaban J connectivity index is 2.05. The van der Waals surface area contributed by atoms with E-state index in [0.717, 1.165) is 11.3 Å². The van der Waals surface area contributed by atoms with Crippen LogP contribution in [0.4, 0.5) is 5.69 Å². The molecule has 22 heavy (non-hydrogen) atoms. The van der Waals surface area contributed by atoms with Crippen LogP contribution < -0.4 is 11.1 Å². The van der Waals surface area contributed by atoms with Crippen LogP contribution in [0.1, 0.15) is 5.56 Å². The summed E-state index contributed by atoms with van der Waals surface area (Å²) in [4.78, 5) is 4.14. The first-order valence-corrected chi connectivity index (χ1v) is 7.82. The molecule has 2 aromatic carbocycles. The Morgan fingerprint density at radius 2 is 1.64 bits per heavy atom. The van der Waals surface area contributed by atoms with Crippen molar-refractivity contribution in [3.05, 3.63) is 63.1 Å². The summed E-state index contributed by atoms with van der Waals surface area (Å²) < 4.78 is 0. The minimum atomic E-state index is 0.253. The molecule has 0 amide bonds. The minimum Gasteiger partial charge on any atom is -0.387 e. The zero-order valence-corrected chi connectivity index (χ0v) is 14.4. The predicted molar refractivity (Wildman–Crippen MR) is 99.5 cm³/mol. The van der Waals surface area contributed by atoms with Gasteiger partial charge in [-0.25, -0.2) is 4.99 Å². The summed E-state index contributed by atoms with van der Waals surface area (Å²) in [7, 11) is 0. The Kier molecular flexibility index (Phi) is 6.03. The van der Waals surface area contributed by atoms with Gasteiger partial charge < -0.3 is 11.1 Å². The fourth-order valence-corrected chi connectivity index (χ4v) is 2.63. The number of thiocarbonyl (C=S) groups is 1. The lowest BCUT2D eigenvalue weighted by Gasteiger charge is -2.08. The third-order valence-corrected chi connectivity index (χ3v) is 3.91. The fraction of sp³-hybridized carbons (Fsp3) is 0.0667. The molecule has 0 heterocycles. The molecule has 2 aromatic rings. The maximum absolute atomic E-state index is 6.10. The van der Waals surface area contributed by atoms with E-state index in [2.05, 4.69) is 10.3 Å². The predicted octanol–water partition coefficient (Wildman–Crippen LogP) is 4.94. The summed E-state index contributed by atoms with van der Waals surface area (Å²) in [5.74, 6) is 0.321. The molecule has 3 nitrogen and oxygen atoms in total. The molecule has 0 saturated heterocycles. The molecule has 0 aromatic heterocycles. The standard InChI is InChI=1S/C15H12Cl3N3S/c16-9-4-6-10(7-5-9)20-15(22)21-14(19)8-11-12(17)2-1-3-13(11)18/h1-7H,8H2,(H3,19,20,21,22). The summed E-state index contributed by atoms with van der Waals surface area (Å²) >= 11 is 23.2. The summed E-state index contributed by atoms with van der Waals surface area (Å²) in [6.45, 7) is 0. The van der Waals surface area contributed by atoms with E-state index >= 15 is 0 Å². The topological polar surface area (TPSA) is 50.4 Å². The van der Waals surface area contributed by atoms with Crippen molar-refractivity contribution in [3.8, 4) is 0 Å². The quantitative estimate of drug-likeness (QED) is 0.455. The summed E-state index contributed by atoms with van der Waals surface area (Å²) in [5.41, 5.74) is 7.41. The van der Waals surface area contributed by atoms with Crippen LogP contribution in [0.2, 0.25) is 15.1 Å². The van der Waals surface area contributed by atoms with Gasteiger partial charge in [0.25, 0.3) is 0 Å². The van der Waals surface area contributed by atoms with Crippen molar-refractivity contribution in [1.82, 2.24) is 0 Å². The van der Waals surface area contributed by atoms with Gasteiger partial charge in [-0.05, 0) is 54.2 Å². The minimum absolute atomic E-state index is 0.253. The molecule has 0 aliphatic heterocycles. The highest BCUT2D eigenvalue weighted by atomic mass is 35.5. The van der Waals surface area contributed by atoms with Crippen molar-refractivity contribution in [3.63, 3.8) is 0 Å². The van der Waals surface area contributed by atoms with Crippen LogP contribution >= 0.6 is 47.0 Å². The van der Waals surface area contributed by atoms with Gasteiger partial charge in [0.2, 0.25) is 0 Å². The number of nitrogens with zero attached hydrogens (tertiary/aromatic N) is 1. The number of halogens is 3. The zero-order valence-electron chi connectivity index (χ0n) is 11.3. The number of nitrogens with one attached hydrogen (secondary N) is 1. The SMILES string of the molecule is NC(Cc1c(Cl)cccc1Cl)=NC(=S)Nc1ccc(Cl)cc1. The van der Waals surface area contributed by atoms with Crippen molar-refractivity contribution < 1.29 is 0 Å². The summed E-state index contributed by atoms with van der Waals surface area (Å²) in [6, 6.07) is 12.4. The van der Waals surface area contributed by atoms with E-state index < -0.39 is 0 Å². The number of nitrogens with two attached hydrogens (primary N) is 1. The first-order chi connectivity index (χ1) is 10.5. The van der Waals surface area contributed by atoms with Crippen molar-refractivity contribution in [2.24, 2.45) is 10.7 Å². The summed E-state index contributed by atoms with van der Waals surface area (Å²) in [5, 5.41) is 4.94. The van der Waals surface area contributed by atoms with Gasteiger partial charge in [-0.1, -0.05) is 40.9 Å². The molecule has 0 fully saturated rings. The molecule has 0 spiro atoms. The highest BCUT2D eigenvalue weighted by molar-refractivity contribution is 7.80. The number of aliphatic imine (C=N–C) groups is 1. The third-order valence-electron chi connectivity index (χ3n) is 2.76. The molecule has 114 valence electrons. The Morgan fingerprint density at radius 3 is 2.23 bits per heavy atom. The second kappa shape index (κ2) is 7.79. The average Bonchev–Trinajstić information content (AvgIpc) is 2.45. The highest BCUT2D eigenvalue weighted by Crippen LogP contribution is 2.24. The van der Waals surface area contributed by atoms with Gasteiger partial charge >= 0.3 is 0 Å². The Hall–Kier alpha value is -1.33. The molecule has 0 saturated carbocycles. The average molecular weight is 373 g/mol. The second-order valence-electron chi connectivity index (χ2n) is 4.42. The van der Waals surface area contributed by atoms with Crippen LogP contribution in [0, 0.1) is 0 Å². The van der Waals surface area contributed by atoms with Gasteiger partial charge in [0.15, 0.2) is 5.11 Å². The molecular formula is C15H12Cl3N3S. The van der Waals surface area contributed by atoms with Crippen molar-refractivity contribution in [2.75, 3.05) is 5.32 Å². The normalized spacial score (nSPS) is 11.3. The lowest BCUT2D eigenvalue weighted by atomic mass is 10.1. The molecule has 3 N–H and O–H groups in total. The third kappa shape index (κ3) is 4.85. The first-order valence-electron chi connectivity index (χ1n) is 6.28. The van der Waals surface area contributed by atoms with E-state index in [1.807, 2.05) is 0 Å². The van der Waals surface area contributed by atoms with Crippen molar-refractivity contribution in [2.45, 2.75) is 6.42 Å². The highest BCUT2D eigenvalue weighted by Gasteiger charge is 2.08. The fourth-order valence-electron chi connectivity index (χ4n) is 1.74. The number of anilines is 1. The van der Waals surface area contributed by atoms with Gasteiger partial charge in [0.1, 0.15) is 5.84 Å². The molecular weight excluding hydrogens is 361 g/mol. The molecule has 0 aliphatic rings. The number of rotatable bonds is 3. The zero-order chi connectivity index (χ0) is 16.1. The van der Waals surface area contributed by atoms with E-state index in [1.165, 1.54) is 0 Å². The van der Waals surface area contributed by atoms with Crippen LogP contribution in [0.15, 0.2) is 47.5 Å². The molecule has 0 unspecified atom stereocenters. The first kappa shape index (κ1) is 17.0. The number of benzene rings is 2. The van der Waals surface area contributed by atoms with Gasteiger partial charge in [0.05, 0.1) is 0 Å². The smallest absolute Gasteiger partial charge is 0.198 e. The van der Waals surface area contributed by atoms with Gasteiger partial charge in [-0.3, -0.25) is 0 Å². The van der Waals surface area contributed by atoms with E-state index in [1.54, 1.807) is 42.5 Å². The van der Waals surface area contributed by atoms with Gasteiger partial charge in [0, 0.05) is 27.2 Å². The monoisotopic (exact) mass is 371 g/mol. The van der Waals surface area contributed by atoms with E-state index in [0.29, 0.717) is 27.3 Å². The molecule has 0 atom stereocenters. The molecule has 0 bridgehead atoms. The van der Waals surface area contributed by atoms with Crippen LogP contribution in [0.5, 0.6) is 0 Å². The molecule has 2 rings (SSSR count). The molecule has 0 aliphatic carbocycles. The Bertz CT molecular complexity index is 694. The van der Waals surface area contributed by atoms with Crippen LogP contribution in [0.25, 0.3) is 0 Å². The van der Waals surface area contributed by atoms with Gasteiger partial charge in [-0.15, -0.1) is 0 Å². The van der Waals surface area contributed by atoms with Crippen LogP contribution in [-0.2, 0) is 6.42 Å². The van der Waals surface area contributed by atoms with Crippen LogP contribution in [0.3, 0.4) is 0 Å². The maximum atomic E-state index is 6.10. The number of amidine groups is 1. The Labute approximate surface area is 149 Å². The van der Waals surface area contributed by atoms with E-state index in [-0.39, 0.29) is 5.11 Å². The van der Waals surface area contributed by atoms with Crippen molar-refractivity contribution in [1.29, 1.82) is 0 Å². The van der Waals surface area contributed by atoms with Gasteiger partial charge in [-0.2, -0.15) is 0 Å². The summed E-state index contributed by atoms with van der Waals surface area (Å²) in [6.07, 6.45) is 0.320. The van der Waals surface area contributed by atoms with E-state index in [4.69, 9.17) is 52.8 Å². The molecule has 0 radical (unpaired) electrons. The molecule has 7 heteroatoms. The van der Waals surface area contributed by atoms with Crippen molar-refractivity contribution >= 4 is 63.7 Å². The second-order valence-corrected chi connectivity index (χ2v) is 6.05. The number of hydrogen-bond acceptors (Lipinski definition) is 1. The lowest BCUT2D eigenvalue weighted by Crippen LogP contribution is -2.19. The number of hydrogen-bond donors (Lipinski definition) is 2. The Morgan fingerprint density at radius 1 is 1.05 bits per heavy atom.